The van der Waals surface area contributed by atoms with Crippen molar-refractivity contribution in [2.75, 3.05) is 13.2 Å². The number of aliphatic hydroxyl groups is 1. The predicted molar refractivity (Wildman–Crippen MR) is 182 cm³/mol. The standard InChI is InChI=1S/C38H70O5/c1-3-5-7-9-11-13-15-17-19-21-22-24-26-28-30-32-37(40)42-35-36(34-39)43-38(41)33-31-29-27-25-23-20-18-16-14-12-10-8-6-4-2/h13,15-16,18,36,39H,3-12,14,17,19-35H2,1-2H3/b15-13+,18-16+/t36-/m0/s1. The van der Waals surface area contributed by atoms with Crippen LogP contribution in [0.25, 0.3) is 0 Å². The Kier molecular flexibility index (Phi) is 33.6. The van der Waals surface area contributed by atoms with Crippen molar-refractivity contribution in [3.8, 4) is 0 Å². The Balaban J connectivity index is 3.57. The number of carbonyl (C=O) groups is 2. The second kappa shape index (κ2) is 34.9. The third-order valence-corrected chi connectivity index (χ3v) is 7.97. The van der Waals surface area contributed by atoms with Crippen LogP contribution in [0.15, 0.2) is 24.3 Å². The Morgan fingerprint density at radius 3 is 1.28 bits per heavy atom. The average Bonchev–Trinajstić information content (AvgIpc) is 3.01. The summed E-state index contributed by atoms with van der Waals surface area (Å²) in [6.07, 6.45) is 39.4. The molecule has 0 aliphatic carbocycles. The normalized spacial score (nSPS) is 12.3. The number of rotatable bonds is 33. The Morgan fingerprint density at radius 2 is 0.860 bits per heavy atom. The number of hydrogen-bond donors (Lipinski definition) is 1. The van der Waals surface area contributed by atoms with E-state index in [2.05, 4.69) is 38.2 Å². The maximum Gasteiger partial charge on any atom is 0.306 e. The molecule has 5 heteroatoms. The van der Waals surface area contributed by atoms with Crippen LogP contribution < -0.4 is 0 Å². The summed E-state index contributed by atoms with van der Waals surface area (Å²) in [5, 5.41) is 9.52. The molecule has 1 N–H and O–H groups in total. The molecule has 0 radical (unpaired) electrons. The molecule has 0 aliphatic heterocycles. The van der Waals surface area contributed by atoms with E-state index in [4.69, 9.17) is 9.47 Å². The average molecular weight is 607 g/mol. The first-order chi connectivity index (χ1) is 21.1. The fraction of sp³-hybridized carbons (Fsp3) is 0.842. The molecule has 0 amide bonds. The zero-order chi connectivity index (χ0) is 31.5. The predicted octanol–water partition coefficient (Wildman–Crippen LogP) is 11.1. The summed E-state index contributed by atoms with van der Waals surface area (Å²) in [4.78, 5) is 24.2. The first-order valence-electron chi connectivity index (χ1n) is 18.4. The van der Waals surface area contributed by atoms with Gasteiger partial charge in [0.25, 0.3) is 0 Å². The van der Waals surface area contributed by atoms with Crippen molar-refractivity contribution < 1.29 is 24.2 Å². The molecular weight excluding hydrogens is 536 g/mol. The fourth-order valence-corrected chi connectivity index (χ4v) is 5.13. The van der Waals surface area contributed by atoms with Gasteiger partial charge in [0.15, 0.2) is 6.10 Å². The van der Waals surface area contributed by atoms with Crippen molar-refractivity contribution in [1.29, 1.82) is 0 Å². The van der Waals surface area contributed by atoms with Crippen LogP contribution in [0.4, 0.5) is 0 Å². The number of aliphatic hydroxyl groups excluding tert-OH is 1. The number of hydrogen-bond acceptors (Lipinski definition) is 5. The molecule has 43 heavy (non-hydrogen) atoms. The van der Waals surface area contributed by atoms with Gasteiger partial charge in [-0.3, -0.25) is 9.59 Å². The van der Waals surface area contributed by atoms with Gasteiger partial charge < -0.3 is 14.6 Å². The van der Waals surface area contributed by atoms with Crippen molar-refractivity contribution >= 4 is 11.9 Å². The van der Waals surface area contributed by atoms with E-state index in [-0.39, 0.29) is 25.2 Å². The minimum Gasteiger partial charge on any atom is -0.462 e. The third-order valence-electron chi connectivity index (χ3n) is 7.97. The second-order valence-corrected chi connectivity index (χ2v) is 12.3. The van der Waals surface area contributed by atoms with E-state index in [0.29, 0.717) is 12.8 Å². The summed E-state index contributed by atoms with van der Waals surface area (Å²) in [5.74, 6) is -0.604. The third kappa shape index (κ3) is 33.1. The monoisotopic (exact) mass is 607 g/mol. The van der Waals surface area contributed by atoms with Crippen LogP contribution in [-0.4, -0.2) is 36.4 Å². The van der Waals surface area contributed by atoms with Crippen LogP contribution in [-0.2, 0) is 19.1 Å². The van der Waals surface area contributed by atoms with Crippen molar-refractivity contribution in [3.63, 3.8) is 0 Å². The minimum atomic E-state index is -0.772. The molecule has 0 aromatic heterocycles. The largest absolute Gasteiger partial charge is 0.462 e. The SMILES string of the molecule is CCCCCC/C=C/CCCCCCCCCC(=O)OC[C@H](CO)OC(=O)CCCCCCC/C=C/CCCCCCC. The maximum atomic E-state index is 12.1. The summed E-state index contributed by atoms with van der Waals surface area (Å²) in [7, 11) is 0. The maximum absolute atomic E-state index is 12.1. The van der Waals surface area contributed by atoms with Crippen LogP contribution >= 0.6 is 0 Å². The quantitative estimate of drug-likeness (QED) is 0.0457. The second-order valence-electron chi connectivity index (χ2n) is 12.3. The van der Waals surface area contributed by atoms with E-state index in [1.165, 1.54) is 116 Å². The molecule has 0 aromatic rings. The molecule has 0 saturated carbocycles. The molecule has 0 spiro atoms. The van der Waals surface area contributed by atoms with E-state index >= 15 is 0 Å². The van der Waals surface area contributed by atoms with Crippen molar-refractivity contribution in [2.24, 2.45) is 0 Å². The minimum absolute atomic E-state index is 0.0689. The lowest BCUT2D eigenvalue weighted by Gasteiger charge is -2.15. The molecule has 252 valence electrons. The van der Waals surface area contributed by atoms with Gasteiger partial charge in [-0.2, -0.15) is 0 Å². The molecule has 0 fully saturated rings. The van der Waals surface area contributed by atoms with E-state index in [9.17, 15) is 14.7 Å². The van der Waals surface area contributed by atoms with Crippen molar-refractivity contribution in [2.45, 2.75) is 193 Å². The van der Waals surface area contributed by atoms with Gasteiger partial charge >= 0.3 is 11.9 Å². The Bertz CT molecular complexity index is 657. The zero-order valence-electron chi connectivity index (χ0n) is 28.5. The molecule has 0 aromatic carbocycles. The van der Waals surface area contributed by atoms with E-state index in [1.54, 1.807) is 0 Å². The van der Waals surface area contributed by atoms with E-state index in [0.717, 1.165) is 44.9 Å². The van der Waals surface area contributed by atoms with Gasteiger partial charge in [-0.1, -0.05) is 134 Å². The topological polar surface area (TPSA) is 72.8 Å². The molecule has 5 nitrogen and oxygen atoms in total. The lowest BCUT2D eigenvalue weighted by atomic mass is 10.1. The molecule has 1 atom stereocenters. The zero-order valence-corrected chi connectivity index (χ0v) is 28.5. The number of ether oxygens (including phenoxy) is 2. The number of allylic oxidation sites excluding steroid dienone is 4. The Morgan fingerprint density at radius 1 is 0.512 bits per heavy atom. The summed E-state index contributed by atoms with van der Waals surface area (Å²) in [6, 6.07) is 0. The molecular formula is C38H70O5. The number of carbonyl (C=O) groups excluding carboxylic acids is 2. The first-order valence-corrected chi connectivity index (χ1v) is 18.4. The van der Waals surface area contributed by atoms with Crippen LogP contribution in [0.3, 0.4) is 0 Å². The summed E-state index contributed by atoms with van der Waals surface area (Å²) >= 11 is 0. The van der Waals surface area contributed by atoms with Gasteiger partial charge in [0.1, 0.15) is 6.61 Å². The van der Waals surface area contributed by atoms with Gasteiger partial charge in [0.2, 0.25) is 0 Å². The lowest BCUT2D eigenvalue weighted by Crippen LogP contribution is -2.28. The van der Waals surface area contributed by atoms with Crippen molar-refractivity contribution in [3.05, 3.63) is 24.3 Å². The molecule has 0 rings (SSSR count). The van der Waals surface area contributed by atoms with Crippen LogP contribution in [0.2, 0.25) is 0 Å². The molecule has 0 heterocycles. The highest BCUT2D eigenvalue weighted by Gasteiger charge is 2.16. The van der Waals surface area contributed by atoms with Gasteiger partial charge in [-0.05, 0) is 64.2 Å². The Hall–Kier alpha value is -1.62. The summed E-state index contributed by atoms with van der Waals surface area (Å²) < 4.78 is 10.6. The highest BCUT2D eigenvalue weighted by atomic mass is 16.6. The van der Waals surface area contributed by atoms with Crippen LogP contribution in [0, 0.1) is 0 Å². The van der Waals surface area contributed by atoms with E-state index < -0.39 is 6.10 Å². The Labute approximate surface area is 266 Å². The van der Waals surface area contributed by atoms with E-state index in [1.807, 2.05) is 0 Å². The van der Waals surface area contributed by atoms with Gasteiger partial charge in [-0.25, -0.2) is 0 Å². The number of unbranched alkanes of at least 4 members (excludes halogenated alkanes) is 21. The number of esters is 2. The molecule has 0 aliphatic rings. The van der Waals surface area contributed by atoms with Gasteiger partial charge in [0.05, 0.1) is 6.61 Å². The highest BCUT2D eigenvalue weighted by Crippen LogP contribution is 2.13. The van der Waals surface area contributed by atoms with Crippen LogP contribution in [0.5, 0.6) is 0 Å². The summed E-state index contributed by atoms with van der Waals surface area (Å²) in [6.45, 7) is 4.10. The molecule has 0 saturated heterocycles. The molecule has 0 bridgehead atoms. The smallest absolute Gasteiger partial charge is 0.306 e. The lowest BCUT2D eigenvalue weighted by molar-refractivity contribution is -0.161. The fourth-order valence-electron chi connectivity index (χ4n) is 5.13. The van der Waals surface area contributed by atoms with Gasteiger partial charge in [0, 0.05) is 12.8 Å². The first kappa shape index (κ1) is 41.4. The molecule has 0 unspecified atom stereocenters. The van der Waals surface area contributed by atoms with Gasteiger partial charge in [-0.15, -0.1) is 0 Å². The van der Waals surface area contributed by atoms with Crippen LogP contribution in [0.1, 0.15) is 187 Å². The highest BCUT2D eigenvalue weighted by molar-refractivity contribution is 5.70. The van der Waals surface area contributed by atoms with Crippen molar-refractivity contribution in [1.82, 2.24) is 0 Å². The summed E-state index contributed by atoms with van der Waals surface area (Å²) in [5.41, 5.74) is 0.